The first-order valence-electron chi connectivity index (χ1n) is 6.19. The maximum atomic E-state index is 11.9. The Bertz CT molecular complexity index is 574. The van der Waals surface area contributed by atoms with Crippen LogP contribution < -0.4 is 5.32 Å². The van der Waals surface area contributed by atoms with Crippen molar-refractivity contribution in [3.05, 3.63) is 38.9 Å². The van der Waals surface area contributed by atoms with Crippen LogP contribution in [0, 0.1) is 22.0 Å². The average Bonchev–Trinajstić information content (AvgIpc) is 2.37. The van der Waals surface area contributed by atoms with Gasteiger partial charge in [-0.25, -0.2) is 0 Å². The van der Waals surface area contributed by atoms with Crippen molar-refractivity contribution in [2.75, 3.05) is 6.54 Å². The first-order chi connectivity index (χ1) is 9.73. The summed E-state index contributed by atoms with van der Waals surface area (Å²) < 4.78 is 0. The number of nitro benzene ring substituents is 1. The minimum absolute atomic E-state index is 0.0425. The zero-order valence-corrected chi connectivity index (χ0v) is 12.3. The monoisotopic (exact) mass is 314 g/mol. The molecule has 7 nitrogen and oxygen atoms in total. The van der Waals surface area contributed by atoms with Crippen LogP contribution in [0.3, 0.4) is 0 Å². The Balaban J connectivity index is 2.81. The molecule has 0 radical (unpaired) electrons. The van der Waals surface area contributed by atoms with E-state index in [4.69, 9.17) is 16.7 Å². The Hall–Kier alpha value is -2.15. The molecule has 1 rings (SSSR count). The summed E-state index contributed by atoms with van der Waals surface area (Å²) in [6, 6.07) is 3.48. The lowest BCUT2D eigenvalue weighted by Gasteiger charge is -2.16. The molecule has 1 aromatic rings. The predicted octanol–water partition coefficient (Wildman–Crippen LogP) is 2.33. The number of carbonyl (C=O) groups is 2. The first-order valence-corrected chi connectivity index (χ1v) is 6.56. The van der Waals surface area contributed by atoms with Crippen LogP contribution >= 0.6 is 11.6 Å². The molecule has 2 N–H and O–H groups in total. The second kappa shape index (κ2) is 7.03. The number of rotatable bonds is 6. The van der Waals surface area contributed by atoms with Gasteiger partial charge >= 0.3 is 5.97 Å². The molecule has 114 valence electrons. The number of amides is 1. The molecule has 0 aromatic heterocycles. The summed E-state index contributed by atoms with van der Waals surface area (Å²) in [4.78, 5) is 32.9. The molecule has 1 amide bonds. The normalized spacial score (nSPS) is 12.0. The van der Waals surface area contributed by atoms with Gasteiger partial charge in [0.05, 0.1) is 21.4 Å². The second-order valence-corrected chi connectivity index (χ2v) is 5.23. The molecule has 0 fully saturated rings. The fraction of sp³-hybridized carbons (Fsp3) is 0.385. The summed E-state index contributed by atoms with van der Waals surface area (Å²) in [5.74, 6) is -2.43. The van der Waals surface area contributed by atoms with Crippen molar-refractivity contribution in [2.45, 2.75) is 13.8 Å². The zero-order valence-electron chi connectivity index (χ0n) is 11.5. The Labute approximate surface area is 126 Å². The lowest BCUT2D eigenvalue weighted by Crippen LogP contribution is -2.35. The topological polar surface area (TPSA) is 110 Å². The van der Waals surface area contributed by atoms with E-state index in [2.05, 4.69) is 5.32 Å². The lowest BCUT2D eigenvalue weighted by atomic mass is 9.96. The van der Waals surface area contributed by atoms with Crippen LogP contribution in [0.25, 0.3) is 0 Å². The summed E-state index contributed by atoms with van der Waals surface area (Å²) >= 11 is 5.83. The summed E-state index contributed by atoms with van der Waals surface area (Å²) in [5.41, 5.74) is -0.155. The van der Waals surface area contributed by atoms with E-state index in [1.54, 1.807) is 13.8 Å². The van der Waals surface area contributed by atoms with Gasteiger partial charge in [-0.1, -0.05) is 25.4 Å². The molecule has 8 heteroatoms. The van der Waals surface area contributed by atoms with Gasteiger partial charge in [0.15, 0.2) is 0 Å². The van der Waals surface area contributed by atoms with Gasteiger partial charge in [-0.05, 0) is 12.0 Å². The highest BCUT2D eigenvalue weighted by atomic mass is 35.5. The number of non-ortho nitro benzene ring substituents is 1. The minimum Gasteiger partial charge on any atom is -0.481 e. The SMILES string of the molecule is CC(C)C(CNC(=O)c1ccc([N+](=O)[O-])cc1Cl)C(=O)O. The first kappa shape index (κ1) is 16.9. The quantitative estimate of drug-likeness (QED) is 0.618. The number of hydrogen-bond donors (Lipinski definition) is 2. The molecule has 0 spiro atoms. The lowest BCUT2D eigenvalue weighted by molar-refractivity contribution is -0.384. The Morgan fingerprint density at radius 1 is 1.43 bits per heavy atom. The summed E-state index contributed by atoms with van der Waals surface area (Å²) in [6.45, 7) is 3.44. The largest absolute Gasteiger partial charge is 0.481 e. The van der Waals surface area contributed by atoms with E-state index in [-0.39, 0.29) is 28.7 Å². The van der Waals surface area contributed by atoms with Crippen molar-refractivity contribution in [1.29, 1.82) is 0 Å². The number of carboxylic acid groups (broad SMARTS) is 1. The van der Waals surface area contributed by atoms with Crippen molar-refractivity contribution < 1.29 is 19.6 Å². The van der Waals surface area contributed by atoms with Crippen LogP contribution in [0.4, 0.5) is 5.69 Å². The van der Waals surface area contributed by atoms with Gasteiger partial charge in [-0.2, -0.15) is 0 Å². The zero-order chi connectivity index (χ0) is 16.2. The highest BCUT2D eigenvalue weighted by Crippen LogP contribution is 2.22. The molecule has 0 aliphatic rings. The van der Waals surface area contributed by atoms with Gasteiger partial charge in [-0.15, -0.1) is 0 Å². The molecule has 1 atom stereocenters. The van der Waals surface area contributed by atoms with Crippen LogP contribution in [-0.4, -0.2) is 28.5 Å². The van der Waals surface area contributed by atoms with E-state index in [9.17, 15) is 19.7 Å². The van der Waals surface area contributed by atoms with Crippen LogP contribution in [0.5, 0.6) is 0 Å². The third kappa shape index (κ3) is 4.42. The van der Waals surface area contributed by atoms with Crippen LogP contribution in [0.1, 0.15) is 24.2 Å². The Morgan fingerprint density at radius 2 is 2.05 bits per heavy atom. The molecule has 0 heterocycles. The number of aliphatic carboxylic acids is 1. The van der Waals surface area contributed by atoms with E-state index in [0.717, 1.165) is 12.1 Å². The highest BCUT2D eigenvalue weighted by molar-refractivity contribution is 6.34. The van der Waals surface area contributed by atoms with Crippen molar-refractivity contribution >= 4 is 29.2 Å². The average molecular weight is 315 g/mol. The number of carbonyl (C=O) groups excluding carboxylic acids is 1. The molecule has 0 bridgehead atoms. The summed E-state index contributed by atoms with van der Waals surface area (Å²) in [5, 5.41) is 22.0. The smallest absolute Gasteiger partial charge is 0.308 e. The van der Waals surface area contributed by atoms with E-state index < -0.39 is 22.7 Å². The van der Waals surface area contributed by atoms with Crippen molar-refractivity contribution in [1.82, 2.24) is 5.32 Å². The van der Waals surface area contributed by atoms with Gasteiger partial charge in [0.25, 0.3) is 11.6 Å². The van der Waals surface area contributed by atoms with Crippen molar-refractivity contribution in [2.24, 2.45) is 11.8 Å². The molecule has 0 saturated carbocycles. The van der Waals surface area contributed by atoms with Crippen LogP contribution in [0.15, 0.2) is 18.2 Å². The van der Waals surface area contributed by atoms with E-state index >= 15 is 0 Å². The minimum atomic E-state index is -1.000. The molecular weight excluding hydrogens is 300 g/mol. The maximum absolute atomic E-state index is 11.9. The van der Waals surface area contributed by atoms with Crippen LogP contribution in [0.2, 0.25) is 5.02 Å². The Morgan fingerprint density at radius 3 is 2.48 bits per heavy atom. The van der Waals surface area contributed by atoms with E-state index in [0.29, 0.717) is 0 Å². The van der Waals surface area contributed by atoms with Gasteiger partial charge in [0.2, 0.25) is 0 Å². The predicted molar refractivity (Wildman–Crippen MR) is 76.4 cm³/mol. The second-order valence-electron chi connectivity index (χ2n) is 4.82. The third-order valence-corrected chi connectivity index (χ3v) is 3.33. The Kier molecular flexibility index (Phi) is 5.66. The summed E-state index contributed by atoms with van der Waals surface area (Å²) in [7, 11) is 0. The molecule has 1 aromatic carbocycles. The number of nitro groups is 1. The molecular formula is C13H15ClN2O5. The number of nitrogens with zero attached hydrogens (tertiary/aromatic N) is 1. The van der Waals surface area contributed by atoms with Crippen molar-refractivity contribution in [3.63, 3.8) is 0 Å². The maximum Gasteiger partial charge on any atom is 0.308 e. The van der Waals surface area contributed by atoms with Gasteiger partial charge in [0.1, 0.15) is 0 Å². The fourth-order valence-electron chi connectivity index (χ4n) is 1.71. The van der Waals surface area contributed by atoms with E-state index in [1.165, 1.54) is 6.07 Å². The van der Waals surface area contributed by atoms with E-state index in [1.807, 2.05) is 0 Å². The summed E-state index contributed by atoms with van der Waals surface area (Å²) in [6.07, 6.45) is 0. The number of hydrogen-bond acceptors (Lipinski definition) is 4. The number of benzene rings is 1. The number of nitrogens with one attached hydrogen (secondary N) is 1. The van der Waals surface area contributed by atoms with Crippen LogP contribution in [-0.2, 0) is 4.79 Å². The molecule has 1 unspecified atom stereocenters. The standard InChI is InChI=1S/C13H15ClN2O5/c1-7(2)10(13(18)19)6-15-12(17)9-4-3-8(16(20)21)5-11(9)14/h3-5,7,10H,6H2,1-2H3,(H,15,17)(H,18,19). The fourth-order valence-corrected chi connectivity index (χ4v) is 1.97. The molecule has 21 heavy (non-hydrogen) atoms. The van der Waals surface area contributed by atoms with Gasteiger partial charge in [-0.3, -0.25) is 19.7 Å². The van der Waals surface area contributed by atoms with Gasteiger partial charge < -0.3 is 10.4 Å². The number of halogens is 1. The number of carboxylic acids is 1. The third-order valence-electron chi connectivity index (χ3n) is 3.01. The van der Waals surface area contributed by atoms with Gasteiger partial charge in [0, 0.05) is 18.7 Å². The molecule has 0 saturated heterocycles. The van der Waals surface area contributed by atoms with Crippen molar-refractivity contribution in [3.8, 4) is 0 Å². The molecule has 0 aliphatic heterocycles. The molecule has 0 aliphatic carbocycles. The highest BCUT2D eigenvalue weighted by Gasteiger charge is 2.23.